The largest absolute Gasteiger partial charge is 0.573 e. The van der Waals surface area contributed by atoms with E-state index < -0.39 is 18.4 Å². The van der Waals surface area contributed by atoms with Gasteiger partial charge >= 0.3 is 12.4 Å². The zero-order valence-electron chi connectivity index (χ0n) is 23.3. The molecule has 1 atom stereocenters. The van der Waals surface area contributed by atoms with Crippen molar-refractivity contribution in [3.05, 3.63) is 90.3 Å². The fourth-order valence-electron chi connectivity index (χ4n) is 4.44. The number of carbonyl (C=O) groups excluding carboxylic acids is 2. The van der Waals surface area contributed by atoms with E-state index in [4.69, 9.17) is 0 Å². The molecule has 3 amide bonds. The van der Waals surface area contributed by atoms with Crippen LogP contribution in [0.3, 0.4) is 0 Å². The second-order valence-corrected chi connectivity index (χ2v) is 10.8. The Hall–Kier alpha value is -5.16. The van der Waals surface area contributed by atoms with Gasteiger partial charge in [0.25, 0.3) is 0 Å². The van der Waals surface area contributed by atoms with Crippen molar-refractivity contribution in [2.24, 2.45) is 4.99 Å². The molecule has 44 heavy (non-hydrogen) atoms. The van der Waals surface area contributed by atoms with Crippen molar-refractivity contribution in [2.45, 2.75) is 32.2 Å². The van der Waals surface area contributed by atoms with E-state index in [2.05, 4.69) is 25.1 Å². The van der Waals surface area contributed by atoms with Crippen LogP contribution in [0.25, 0.3) is 17.1 Å². The number of aliphatic imine (C=N–C) groups is 1. The van der Waals surface area contributed by atoms with Crippen LogP contribution in [-0.2, 0) is 4.79 Å². The SMILES string of the molecule is CC(C)c1ccccc1N1C(=O)CSC1=NC(=O)NC(C#N)c1ccc(-c2ncn(-c3ccc(OC(F)(F)F)cc3)n2)cc1. The highest BCUT2D eigenvalue weighted by atomic mass is 32.2. The van der Waals surface area contributed by atoms with Gasteiger partial charge in [0.05, 0.1) is 23.2 Å². The van der Waals surface area contributed by atoms with E-state index in [-0.39, 0.29) is 28.5 Å². The van der Waals surface area contributed by atoms with Gasteiger partial charge in [-0.05, 0) is 47.4 Å². The van der Waals surface area contributed by atoms with E-state index in [1.807, 2.05) is 44.2 Å². The maximum absolute atomic E-state index is 12.9. The summed E-state index contributed by atoms with van der Waals surface area (Å²) in [5, 5.41) is 17.0. The molecule has 3 aromatic carbocycles. The number of alkyl halides is 3. The van der Waals surface area contributed by atoms with E-state index in [1.54, 1.807) is 24.3 Å². The lowest BCUT2D eigenvalue weighted by Gasteiger charge is -2.21. The molecule has 1 N–H and O–H groups in total. The number of aromatic nitrogens is 3. The van der Waals surface area contributed by atoms with Gasteiger partial charge in [-0.2, -0.15) is 10.3 Å². The van der Waals surface area contributed by atoms with Crippen molar-refractivity contribution in [3.63, 3.8) is 0 Å². The average Bonchev–Trinajstić information content (AvgIpc) is 3.62. The summed E-state index contributed by atoms with van der Waals surface area (Å²) in [4.78, 5) is 35.4. The number of rotatable bonds is 7. The second kappa shape index (κ2) is 12.6. The molecule has 10 nitrogen and oxygen atoms in total. The first-order valence-corrected chi connectivity index (χ1v) is 14.2. The zero-order chi connectivity index (χ0) is 31.4. The summed E-state index contributed by atoms with van der Waals surface area (Å²) in [5.74, 6) is 0.0738. The van der Waals surface area contributed by atoms with E-state index in [1.165, 1.54) is 40.2 Å². The summed E-state index contributed by atoms with van der Waals surface area (Å²) < 4.78 is 42.5. The Morgan fingerprint density at radius 1 is 1.09 bits per heavy atom. The summed E-state index contributed by atoms with van der Waals surface area (Å²) in [7, 11) is 0. The molecule has 1 saturated heterocycles. The number of hydrogen-bond acceptors (Lipinski definition) is 7. The number of nitrogens with zero attached hydrogens (tertiary/aromatic N) is 6. The Morgan fingerprint density at radius 2 is 1.80 bits per heavy atom. The highest BCUT2D eigenvalue weighted by Gasteiger charge is 2.33. The number of nitrogens with one attached hydrogen (secondary N) is 1. The smallest absolute Gasteiger partial charge is 0.406 e. The monoisotopic (exact) mass is 619 g/mol. The first kappa shape index (κ1) is 30.3. The third-order valence-corrected chi connectivity index (χ3v) is 7.41. The lowest BCUT2D eigenvalue weighted by molar-refractivity contribution is -0.274. The van der Waals surface area contributed by atoms with Gasteiger partial charge in [-0.15, -0.1) is 18.3 Å². The number of nitriles is 1. The van der Waals surface area contributed by atoms with Crippen molar-refractivity contribution in [1.29, 1.82) is 5.26 Å². The third-order valence-electron chi connectivity index (χ3n) is 6.49. The molecule has 0 spiro atoms. The standard InChI is InChI=1S/C30H24F3N7O3S/c1-18(2)23-5-3-4-6-25(23)40-26(41)16-44-29(40)37-28(42)36-24(15-34)19-7-9-20(10-8-19)27-35-17-39(38-27)21-11-13-22(14-12-21)43-30(31,32)33/h3-14,17-18,24H,16H2,1-2H3,(H,36,42). The Kier molecular flexibility index (Phi) is 8.68. The van der Waals surface area contributed by atoms with Crippen molar-refractivity contribution < 1.29 is 27.5 Å². The van der Waals surface area contributed by atoms with Gasteiger partial charge in [0.2, 0.25) is 5.91 Å². The number of amides is 3. The molecule has 0 radical (unpaired) electrons. The first-order chi connectivity index (χ1) is 21.0. The summed E-state index contributed by atoms with van der Waals surface area (Å²) >= 11 is 1.15. The molecule has 1 aliphatic heterocycles. The summed E-state index contributed by atoms with van der Waals surface area (Å²) in [6, 6.07) is 19.5. The number of benzene rings is 3. The second-order valence-electron chi connectivity index (χ2n) is 9.81. The predicted octanol–water partition coefficient (Wildman–Crippen LogP) is 6.37. The van der Waals surface area contributed by atoms with Gasteiger partial charge in [-0.3, -0.25) is 9.69 Å². The van der Waals surface area contributed by atoms with Crippen LogP contribution in [0.4, 0.5) is 23.7 Å². The molecular formula is C30H24F3N7O3S. The fourth-order valence-corrected chi connectivity index (χ4v) is 5.30. The normalized spacial score (nSPS) is 15.0. The highest BCUT2D eigenvalue weighted by molar-refractivity contribution is 8.15. The summed E-state index contributed by atoms with van der Waals surface area (Å²) in [5.41, 5.74) is 3.17. The predicted molar refractivity (Wildman–Crippen MR) is 158 cm³/mol. The van der Waals surface area contributed by atoms with Crippen LogP contribution < -0.4 is 15.0 Å². The van der Waals surface area contributed by atoms with Crippen molar-refractivity contribution >= 4 is 34.6 Å². The maximum atomic E-state index is 12.9. The third kappa shape index (κ3) is 6.90. The van der Waals surface area contributed by atoms with E-state index in [0.717, 1.165) is 17.3 Å². The summed E-state index contributed by atoms with van der Waals surface area (Å²) in [6.07, 6.45) is -3.37. The van der Waals surface area contributed by atoms with Crippen LogP contribution >= 0.6 is 11.8 Å². The lowest BCUT2D eigenvalue weighted by Crippen LogP contribution is -2.32. The minimum absolute atomic E-state index is 0.142. The van der Waals surface area contributed by atoms with Gasteiger partial charge < -0.3 is 10.1 Å². The molecule has 4 aromatic rings. The number of ether oxygens (including phenoxy) is 1. The van der Waals surface area contributed by atoms with Crippen LogP contribution in [0.5, 0.6) is 5.75 Å². The Balaban J connectivity index is 1.27. The van der Waals surface area contributed by atoms with Gasteiger partial charge in [0, 0.05) is 5.56 Å². The van der Waals surface area contributed by atoms with E-state index in [0.29, 0.717) is 28.3 Å². The fraction of sp³-hybridized carbons (Fsp3) is 0.200. The molecule has 0 aliphatic carbocycles. The minimum Gasteiger partial charge on any atom is -0.406 e. The molecule has 224 valence electrons. The van der Waals surface area contributed by atoms with Crippen molar-refractivity contribution in [3.8, 4) is 28.9 Å². The molecule has 0 bridgehead atoms. The summed E-state index contributed by atoms with van der Waals surface area (Å²) in [6.45, 7) is 4.03. The molecule has 1 unspecified atom stereocenters. The molecule has 0 saturated carbocycles. The Morgan fingerprint density at radius 3 is 2.45 bits per heavy atom. The van der Waals surface area contributed by atoms with Gasteiger partial charge in [0.1, 0.15) is 18.1 Å². The van der Waals surface area contributed by atoms with E-state index >= 15 is 0 Å². The number of anilines is 1. The molecule has 14 heteroatoms. The van der Waals surface area contributed by atoms with Crippen LogP contribution in [0, 0.1) is 11.3 Å². The zero-order valence-corrected chi connectivity index (χ0v) is 24.1. The molecule has 5 rings (SSSR count). The highest BCUT2D eigenvalue weighted by Crippen LogP contribution is 2.33. The molecular weight excluding hydrogens is 595 g/mol. The lowest BCUT2D eigenvalue weighted by atomic mass is 10.0. The average molecular weight is 620 g/mol. The quantitative estimate of drug-likeness (QED) is 0.255. The molecule has 1 aromatic heterocycles. The minimum atomic E-state index is -4.79. The number of halogens is 3. The first-order valence-electron chi connectivity index (χ1n) is 13.2. The molecule has 1 fully saturated rings. The topological polar surface area (TPSA) is 126 Å². The van der Waals surface area contributed by atoms with Crippen LogP contribution in [0.2, 0.25) is 0 Å². The van der Waals surface area contributed by atoms with Crippen LogP contribution in [0.1, 0.15) is 36.9 Å². The van der Waals surface area contributed by atoms with Crippen LogP contribution in [0.15, 0.2) is 84.1 Å². The molecule has 2 heterocycles. The van der Waals surface area contributed by atoms with E-state index in [9.17, 15) is 28.0 Å². The van der Waals surface area contributed by atoms with Gasteiger partial charge in [0.15, 0.2) is 11.0 Å². The van der Waals surface area contributed by atoms with Crippen molar-refractivity contribution in [2.75, 3.05) is 10.7 Å². The number of carbonyl (C=O) groups is 2. The number of urea groups is 1. The van der Waals surface area contributed by atoms with Gasteiger partial charge in [-0.1, -0.05) is 68.1 Å². The molecule has 1 aliphatic rings. The Bertz CT molecular complexity index is 1750. The van der Waals surface area contributed by atoms with Crippen molar-refractivity contribution in [1.82, 2.24) is 20.1 Å². The number of thioether (sulfide) groups is 1. The maximum Gasteiger partial charge on any atom is 0.573 e. The number of amidine groups is 1. The van der Waals surface area contributed by atoms with Gasteiger partial charge in [-0.25, -0.2) is 14.5 Å². The Labute approximate surface area is 254 Å². The number of hydrogen-bond donors (Lipinski definition) is 1. The van der Waals surface area contributed by atoms with Crippen LogP contribution in [-0.4, -0.2) is 44.0 Å². The number of para-hydroxylation sites is 1.